The number of carbonyl (C=O) groups is 1. The lowest BCUT2D eigenvalue weighted by Gasteiger charge is -2.12. The van der Waals surface area contributed by atoms with Crippen LogP contribution in [0.2, 0.25) is 0 Å². The van der Waals surface area contributed by atoms with Crippen molar-refractivity contribution in [2.75, 3.05) is 13.7 Å². The Balaban J connectivity index is 0.00000128. The molecule has 88 valence electrons. The van der Waals surface area contributed by atoms with E-state index in [1.807, 2.05) is 25.1 Å². The first-order valence-corrected chi connectivity index (χ1v) is 4.78. The number of halogens is 1. The van der Waals surface area contributed by atoms with E-state index in [2.05, 4.69) is 5.32 Å². The zero-order chi connectivity index (χ0) is 10.8. The molecule has 1 aliphatic heterocycles. The highest BCUT2D eigenvalue weighted by molar-refractivity contribution is 5.85. The lowest BCUT2D eigenvalue weighted by Crippen LogP contribution is -2.19. The van der Waals surface area contributed by atoms with E-state index in [1.165, 1.54) is 0 Å². The van der Waals surface area contributed by atoms with Crippen LogP contribution >= 0.6 is 12.4 Å². The van der Waals surface area contributed by atoms with Gasteiger partial charge in [0.25, 0.3) is 0 Å². The van der Waals surface area contributed by atoms with E-state index >= 15 is 0 Å². The fourth-order valence-corrected chi connectivity index (χ4v) is 1.72. The molecule has 1 aromatic carbocycles. The number of ether oxygens (including phenoxy) is 2. The Labute approximate surface area is 100 Å². The van der Waals surface area contributed by atoms with E-state index in [1.54, 1.807) is 7.11 Å². The van der Waals surface area contributed by atoms with Gasteiger partial charge in [0.2, 0.25) is 0 Å². The Morgan fingerprint density at radius 3 is 2.75 bits per heavy atom. The van der Waals surface area contributed by atoms with Gasteiger partial charge in [0, 0.05) is 0 Å². The number of alkyl carbamates (subject to hydrolysis) is 1. The summed E-state index contributed by atoms with van der Waals surface area (Å²) < 4.78 is 9.97. The Morgan fingerprint density at radius 2 is 2.25 bits per heavy atom. The predicted molar refractivity (Wildman–Crippen MR) is 62.2 cm³/mol. The van der Waals surface area contributed by atoms with Crippen LogP contribution in [0.5, 0.6) is 5.75 Å². The minimum Gasteiger partial charge on any atom is -0.497 e. The Morgan fingerprint density at radius 1 is 1.50 bits per heavy atom. The first-order valence-electron chi connectivity index (χ1n) is 4.78. The largest absolute Gasteiger partial charge is 0.497 e. The summed E-state index contributed by atoms with van der Waals surface area (Å²) in [5, 5.41) is 2.75. The summed E-state index contributed by atoms with van der Waals surface area (Å²) in [5.74, 6) is 0.821. The smallest absolute Gasteiger partial charge is 0.407 e. The number of methoxy groups -OCH3 is 1. The molecule has 5 heteroatoms. The number of benzene rings is 1. The van der Waals surface area contributed by atoms with Crippen LogP contribution in [0.3, 0.4) is 0 Å². The molecule has 4 nitrogen and oxygen atoms in total. The molecule has 0 aromatic heterocycles. The second kappa shape index (κ2) is 5.07. The van der Waals surface area contributed by atoms with Crippen LogP contribution in [0.1, 0.15) is 17.2 Å². The van der Waals surface area contributed by atoms with Crippen molar-refractivity contribution in [3.63, 3.8) is 0 Å². The topological polar surface area (TPSA) is 47.6 Å². The van der Waals surface area contributed by atoms with Gasteiger partial charge in [-0.25, -0.2) is 4.79 Å². The minimum absolute atomic E-state index is 0. The van der Waals surface area contributed by atoms with Gasteiger partial charge < -0.3 is 14.8 Å². The highest BCUT2D eigenvalue weighted by atomic mass is 35.5. The van der Waals surface area contributed by atoms with Gasteiger partial charge in [0.05, 0.1) is 13.2 Å². The number of carbonyl (C=O) groups excluding carboxylic acids is 1. The first-order chi connectivity index (χ1) is 7.20. The molecule has 1 amide bonds. The Bertz CT molecular complexity index is 395. The molecule has 1 saturated heterocycles. The molecule has 1 fully saturated rings. The van der Waals surface area contributed by atoms with Gasteiger partial charge >= 0.3 is 6.09 Å². The molecule has 0 aliphatic carbocycles. The second-order valence-corrected chi connectivity index (χ2v) is 3.52. The lowest BCUT2D eigenvalue weighted by molar-refractivity contribution is 0.177. The van der Waals surface area contributed by atoms with Crippen LogP contribution in [0, 0.1) is 6.92 Å². The number of hydrogen-bond acceptors (Lipinski definition) is 3. The molecule has 0 bridgehead atoms. The van der Waals surface area contributed by atoms with Crippen LogP contribution in [-0.4, -0.2) is 19.8 Å². The highest BCUT2D eigenvalue weighted by Crippen LogP contribution is 2.24. The zero-order valence-corrected chi connectivity index (χ0v) is 9.97. The monoisotopic (exact) mass is 243 g/mol. The summed E-state index contributed by atoms with van der Waals surface area (Å²) in [6, 6.07) is 5.74. The van der Waals surface area contributed by atoms with E-state index in [0.29, 0.717) is 6.61 Å². The van der Waals surface area contributed by atoms with Crippen molar-refractivity contribution in [2.24, 2.45) is 0 Å². The number of hydrogen-bond donors (Lipinski definition) is 1. The third-order valence-electron chi connectivity index (χ3n) is 2.53. The van der Waals surface area contributed by atoms with Gasteiger partial charge in [0.1, 0.15) is 12.4 Å². The van der Waals surface area contributed by atoms with Gasteiger partial charge in [-0.05, 0) is 30.2 Å². The maximum absolute atomic E-state index is 10.9. The third kappa shape index (κ3) is 2.39. The quantitative estimate of drug-likeness (QED) is 0.866. The maximum atomic E-state index is 10.9. The summed E-state index contributed by atoms with van der Waals surface area (Å²) >= 11 is 0. The Hall–Kier alpha value is -1.42. The standard InChI is InChI=1S/C11H13NO3.ClH/c1-7-5-8(14-2)3-4-9(7)10-6-15-11(13)12-10;/h3-5,10H,6H2,1-2H3,(H,12,13);1H/t10-;/m1./s1. The van der Waals surface area contributed by atoms with Gasteiger partial charge in [-0.1, -0.05) is 6.07 Å². The van der Waals surface area contributed by atoms with E-state index in [9.17, 15) is 4.79 Å². The van der Waals surface area contributed by atoms with Gasteiger partial charge in [0.15, 0.2) is 0 Å². The van der Waals surface area contributed by atoms with Crippen molar-refractivity contribution in [1.82, 2.24) is 5.32 Å². The molecule has 1 aromatic rings. The summed E-state index contributed by atoms with van der Waals surface area (Å²) in [5.41, 5.74) is 2.16. The predicted octanol–water partition coefficient (Wildman–Crippen LogP) is 2.21. The van der Waals surface area contributed by atoms with Crippen molar-refractivity contribution in [2.45, 2.75) is 13.0 Å². The summed E-state index contributed by atoms with van der Waals surface area (Å²) in [4.78, 5) is 10.9. The fourth-order valence-electron chi connectivity index (χ4n) is 1.72. The molecule has 1 N–H and O–H groups in total. The average Bonchev–Trinajstić information content (AvgIpc) is 2.64. The third-order valence-corrected chi connectivity index (χ3v) is 2.53. The highest BCUT2D eigenvalue weighted by Gasteiger charge is 2.24. The molecular weight excluding hydrogens is 230 g/mol. The average molecular weight is 244 g/mol. The van der Waals surface area contributed by atoms with Crippen molar-refractivity contribution >= 4 is 18.5 Å². The molecule has 1 heterocycles. The van der Waals surface area contributed by atoms with Crippen LogP contribution in [-0.2, 0) is 4.74 Å². The second-order valence-electron chi connectivity index (χ2n) is 3.52. The minimum atomic E-state index is -0.352. The number of aryl methyl sites for hydroxylation is 1. The van der Waals surface area contributed by atoms with Crippen molar-refractivity contribution in [3.05, 3.63) is 29.3 Å². The first kappa shape index (κ1) is 12.6. The van der Waals surface area contributed by atoms with Crippen molar-refractivity contribution in [3.8, 4) is 5.75 Å². The molecule has 2 rings (SSSR count). The molecule has 0 saturated carbocycles. The van der Waals surface area contributed by atoms with E-state index in [-0.39, 0.29) is 24.5 Å². The van der Waals surface area contributed by atoms with E-state index in [4.69, 9.17) is 9.47 Å². The van der Waals surface area contributed by atoms with Crippen molar-refractivity contribution < 1.29 is 14.3 Å². The molecule has 1 aliphatic rings. The van der Waals surface area contributed by atoms with Crippen LogP contribution < -0.4 is 10.1 Å². The molecule has 16 heavy (non-hydrogen) atoms. The summed E-state index contributed by atoms with van der Waals surface area (Å²) in [7, 11) is 1.63. The van der Waals surface area contributed by atoms with Gasteiger partial charge in [-0.3, -0.25) is 0 Å². The van der Waals surface area contributed by atoms with Crippen LogP contribution in [0.25, 0.3) is 0 Å². The fraction of sp³-hybridized carbons (Fsp3) is 0.364. The number of rotatable bonds is 2. The van der Waals surface area contributed by atoms with E-state index in [0.717, 1.165) is 16.9 Å². The van der Waals surface area contributed by atoms with Crippen LogP contribution in [0.4, 0.5) is 4.79 Å². The van der Waals surface area contributed by atoms with Crippen molar-refractivity contribution in [1.29, 1.82) is 0 Å². The number of amides is 1. The summed E-state index contributed by atoms with van der Waals surface area (Å²) in [6.07, 6.45) is -0.352. The summed E-state index contributed by atoms with van der Waals surface area (Å²) in [6.45, 7) is 2.38. The molecular formula is C11H14ClNO3. The normalized spacial score (nSPS) is 18.4. The van der Waals surface area contributed by atoms with Gasteiger partial charge in [-0.2, -0.15) is 0 Å². The molecule has 0 unspecified atom stereocenters. The van der Waals surface area contributed by atoms with E-state index < -0.39 is 0 Å². The van der Waals surface area contributed by atoms with Gasteiger partial charge in [-0.15, -0.1) is 12.4 Å². The zero-order valence-electron chi connectivity index (χ0n) is 9.15. The van der Waals surface area contributed by atoms with Crippen LogP contribution in [0.15, 0.2) is 18.2 Å². The SMILES string of the molecule is COc1ccc([C@H]2COC(=O)N2)c(C)c1.Cl. The Kier molecular flexibility index (Phi) is 4.01. The maximum Gasteiger partial charge on any atom is 0.407 e. The molecule has 0 radical (unpaired) electrons. The molecule has 0 spiro atoms. The lowest BCUT2D eigenvalue weighted by atomic mass is 10.0. The number of nitrogens with one attached hydrogen (secondary N) is 1. The number of cyclic esters (lactones) is 1. The molecule has 1 atom stereocenters.